The van der Waals surface area contributed by atoms with Crippen molar-refractivity contribution in [3.63, 3.8) is 0 Å². The molecule has 90 valence electrons. The lowest BCUT2D eigenvalue weighted by atomic mass is 9.99. The van der Waals surface area contributed by atoms with Gasteiger partial charge in [0.1, 0.15) is 11.6 Å². The van der Waals surface area contributed by atoms with Crippen molar-refractivity contribution >= 4 is 5.82 Å². The second-order valence-corrected chi connectivity index (χ2v) is 4.43. The van der Waals surface area contributed by atoms with Gasteiger partial charge in [-0.1, -0.05) is 26.0 Å². The van der Waals surface area contributed by atoms with Gasteiger partial charge in [0.15, 0.2) is 0 Å². The first-order valence-electron chi connectivity index (χ1n) is 5.59. The number of hydrogen-bond donors (Lipinski definition) is 1. The highest BCUT2D eigenvalue weighted by Gasteiger charge is 2.17. The van der Waals surface area contributed by atoms with Gasteiger partial charge >= 0.3 is 0 Å². The SMILES string of the molecule is CC(C)c1nn(C)c(N)c1-c1ccc(F)cc1. The predicted molar refractivity (Wildman–Crippen MR) is 67.1 cm³/mol. The van der Waals surface area contributed by atoms with Crippen LogP contribution in [0.4, 0.5) is 10.2 Å². The van der Waals surface area contributed by atoms with Gasteiger partial charge < -0.3 is 5.73 Å². The largest absolute Gasteiger partial charge is 0.383 e. The van der Waals surface area contributed by atoms with E-state index in [1.54, 1.807) is 16.8 Å². The number of halogens is 1. The standard InChI is InChI=1S/C13H16FN3/c1-8(2)12-11(13(15)17(3)16-12)9-4-6-10(14)7-5-9/h4-8H,15H2,1-3H3. The molecule has 2 aromatic rings. The number of anilines is 1. The molecule has 0 atom stereocenters. The maximum absolute atomic E-state index is 12.9. The smallest absolute Gasteiger partial charge is 0.129 e. The van der Waals surface area contributed by atoms with Crippen LogP contribution in [0.5, 0.6) is 0 Å². The van der Waals surface area contributed by atoms with E-state index in [0.29, 0.717) is 5.82 Å². The molecule has 0 fully saturated rings. The normalized spacial score (nSPS) is 11.1. The van der Waals surface area contributed by atoms with Crippen LogP contribution in [-0.4, -0.2) is 9.78 Å². The third-order valence-corrected chi connectivity index (χ3v) is 2.80. The Morgan fingerprint density at radius 2 is 1.82 bits per heavy atom. The summed E-state index contributed by atoms with van der Waals surface area (Å²) in [5, 5.41) is 4.41. The zero-order valence-electron chi connectivity index (χ0n) is 10.2. The molecule has 0 aliphatic carbocycles. The Bertz CT molecular complexity index is 526. The topological polar surface area (TPSA) is 43.8 Å². The van der Waals surface area contributed by atoms with E-state index in [2.05, 4.69) is 18.9 Å². The molecule has 1 heterocycles. The summed E-state index contributed by atoms with van der Waals surface area (Å²) in [5.74, 6) is 0.640. The number of rotatable bonds is 2. The maximum Gasteiger partial charge on any atom is 0.129 e. The molecule has 1 aromatic heterocycles. The first-order chi connectivity index (χ1) is 8.00. The first-order valence-corrected chi connectivity index (χ1v) is 5.59. The highest BCUT2D eigenvalue weighted by Crippen LogP contribution is 2.33. The summed E-state index contributed by atoms with van der Waals surface area (Å²) in [7, 11) is 1.81. The summed E-state index contributed by atoms with van der Waals surface area (Å²) in [6.07, 6.45) is 0. The summed E-state index contributed by atoms with van der Waals surface area (Å²) < 4.78 is 14.6. The van der Waals surface area contributed by atoms with Gasteiger partial charge in [-0.3, -0.25) is 4.68 Å². The number of aromatic nitrogens is 2. The molecule has 0 radical (unpaired) electrons. The van der Waals surface area contributed by atoms with Gasteiger partial charge in [-0.25, -0.2) is 4.39 Å². The fourth-order valence-electron chi connectivity index (χ4n) is 1.87. The molecular formula is C13H16FN3. The fraction of sp³-hybridized carbons (Fsp3) is 0.308. The molecule has 2 rings (SSSR count). The number of hydrogen-bond acceptors (Lipinski definition) is 2. The van der Waals surface area contributed by atoms with Crippen LogP contribution in [0, 0.1) is 5.82 Å². The number of benzene rings is 1. The molecule has 0 bridgehead atoms. The lowest BCUT2D eigenvalue weighted by Gasteiger charge is -2.06. The Balaban J connectivity index is 2.61. The lowest BCUT2D eigenvalue weighted by molar-refractivity contribution is 0.628. The van der Waals surface area contributed by atoms with E-state index >= 15 is 0 Å². The summed E-state index contributed by atoms with van der Waals surface area (Å²) in [4.78, 5) is 0. The van der Waals surface area contributed by atoms with Crippen LogP contribution in [0.1, 0.15) is 25.5 Å². The number of nitrogens with zero attached hydrogens (tertiary/aromatic N) is 2. The van der Waals surface area contributed by atoms with Gasteiger partial charge in [0.25, 0.3) is 0 Å². The molecule has 2 N–H and O–H groups in total. The first kappa shape index (κ1) is 11.6. The molecule has 0 saturated heterocycles. The van der Waals surface area contributed by atoms with Gasteiger partial charge in [-0.05, 0) is 23.6 Å². The van der Waals surface area contributed by atoms with Crippen molar-refractivity contribution in [2.24, 2.45) is 7.05 Å². The van der Waals surface area contributed by atoms with Crippen LogP contribution < -0.4 is 5.73 Å². The van der Waals surface area contributed by atoms with Crippen LogP contribution >= 0.6 is 0 Å². The minimum atomic E-state index is -0.248. The molecule has 3 nitrogen and oxygen atoms in total. The lowest BCUT2D eigenvalue weighted by Crippen LogP contribution is -1.98. The second-order valence-electron chi connectivity index (χ2n) is 4.43. The third-order valence-electron chi connectivity index (χ3n) is 2.80. The number of aryl methyl sites for hydroxylation is 1. The Morgan fingerprint density at radius 1 is 1.24 bits per heavy atom. The zero-order chi connectivity index (χ0) is 12.6. The van der Waals surface area contributed by atoms with Gasteiger partial charge in [0, 0.05) is 12.6 Å². The quantitative estimate of drug-likeness (QED) is 0.866. The molecule has 0 unspecified atom stereocenters. The van der Waals surface area contributed by atoms with Crippen molar-refractivity contribution in [3.05, 3.63) is 35.8 Å². The Hall–Kier alpha value is -1.84. The third kappa shape index (κ3) is 2.02. The molecular weight excluding hydrogens is 217 g/mol. The van der Waals surface area contributed by atoms with E-state index in [0.717, 1.165) is 16.8 Å². The van der Waals surface area contributed by atoms with Crippen molar-refractivity contribution in [2.45, 2.75) is 19.8 Å². The average Bonchev–Trinajstić information content (AvgIpc) is 2.57. The van der Waals surface area contributed by atoms with Crippen molar-refractivity contribution in [1.82, 2.24) is 9.78 Å². The number of nitrogens with two attached hydrogens (primary N) is 1. The van der Waals surface area contributed by atoms with Crippen molar-refractivity contribution in [3.8, 4) is 11.1 Å². The van der Waals surface area contributed by atoms with Gasteiger partial charge in [-0.15, -0.1) is 0 Å². The van der Waals surface area contributed by atoms with E-state index in [1.807, 2.05) is 7.05 Å². The van der Waals surface area contributed by atoms with E-state index < -0.39 is 0 Å². The minimum absolute atomic E-state index is 0.248. The van der Waals surface area contributed by atoms with E-state index in [4.69, 9.17) is 5.73 Å². The molecule has 0 amide bonds. The molecule has 0 saturated carbocycles. The Morgan fingerprint density at radius 3 is 2.35 bits per heavy atom. The van der Waals surface area contributed by atoms with Gasteiger partial charge in [0.05, 0.1) is 5.69 Å². The van der Waals surface area contributed by atoms with Crippen LogP contribution in [0.15, 0.2) is 24.3 Å². The predicted octanol–water partition coefficient (Wildman–Crippen LogP) is 2.93. The van der Waals surface area contributed by atoms with E-state index in [-0.39, 0.29) is 11.7 Å². The van der Waals surface area contributed by atoms with Crippen LogP contribution in [0.3, 0.4) is 0 Å². The highest BCUT2D eigenvalue weighted by atomic mass is 19.1. The summed E-state index contributed by atoms with van der Waals surface area (Å²) in [6.45, 7) is 4.13. The molecule has 0 aliphatic rings. The van der Waals surface area contributed by atoms with Crippen LogP contribution in [0.25, 0.3) is 11.1 Å². The number of nitrogen functional groups attached to an aromatic ring is 1. The van der Waals surface area contributed by atoms with Crippen molar-refractivity contribution in [2.75, 3.05) is 5.73 Å². The maximum atomic E-state index is 12.9. The molecule has 0 aliphatic heterocycles. The Kier molecular flexibility index (Phi) is 2.88. The van der Waals surface area contributed by atoms with Crippen LogP contribution in [-0.2, 0) is 7.05 Å². The average molecular weight is 233 g/mol. The summed E-state index contributed by atoms with van der Waals surface area (Å²) in [5.41, 5.74) is 8.77. The van der Waals surface area contributed by atoms with Crippen LogP contribution in [0.2, 0.25) is 0 Å². The fourth-order valence-corrected chi connectivity index (χ4v) is 1.87. The highest BCUT2D eigenvalue weighted by molar-refractivity contribution is 5.77. The van der Waals surface area contributed by atoms with E-state index in [1.165, 1.54) is 12.1 Å². The second kappa shape index (κ2) is 4.20. The summed E-state index contributed by atoms with van der Waals surface area (Å²) in [6, 6.07) is 6.33. The molecule has 0 spiro atoms. The van der Waals surface area contributed by atoms with Gasteiger partial charge in [-0.2, -0.15) is 5.10 Å². The van der Waals surface area contributed by atoms with Crippen molar-refractivity contribution in [1.29, 1.82) is 0 Å². The summed E-state index contributed by atoms with van der Waals surface area (Å²) >= 11 is 0. The van der Waals surface area contributed by atoms with Gasteiger partial charge in [0.2, 0.25) is 0 Å². The zero-order valence-corrected chi connectivity index (χ0v) is 10.2. The minimum Gasteiger partial charge on any atom is -0.383 e. The monoisotopic (exact) mass is 233 g/mol. The molecule has 1 aromatic carbocycles. The molecule has 17 heavy (non-hydrogen) atoms. The Labute approximate surface area is 100 Å². The van der Waals surface area contributed by atoms with E-state index in [9.17, 15) is 4.39 Å². The van der Waals surface area contributed by atoms with Crippen molar-refractivity contribution < 1.29 is 4.39 Å². The molecule has 4 heteroatoms.